The third-order valence-electron chi connectivity index (χ3n) is 5.11. The van der Waals surface area contributed by atoms with Gasteiger partial charge in [0.25, 0.3) is 0 Å². The van der Waals surface area contributed by atoms with Crippen molar-refractivity contribution >= 4 is 16.9 Å². The van der Waals surface area contributed by atoms with Crippen molar-refractivity contribution in [3.8, 4) is 11.8 Å². The summed E-state index contributed by atoms with van der Waals surface area (Å²) in [7, 11) is 2.02. The van der Waals surface area contributed by atoms with Crippen LogP contribution in [0.15, 0.2) is 54.7 Å². The van der Waals surface area contributed by atoms with Gasteiger partial charge in [-0.3, -0.25) is 0 Å². The molecule has 0 radical (unpaired) electrons. The lowest BCUT2D eigenvalue weighted by atomic mass is 10.0. The summed E-state index contributed by atoms with van der Waals surface area (Å²) in [5.41, 5.74) is 2.89. The predicted octanol–water partition coefficient (Wildman–Crippen LogP) is 3.27. The largest absolute Gasteiger partial charge is 0.493 e. The van der Waals surface area contributed by atoms with E-state index in [1.54, 1.807) is 29.2 Å². The molecule has 1 aliphatic heterocycles. The highest BCUT2D eigenvalue weighted by Crippen LogP contribution is 2.20. The number of urea groups is 1. The van der Waals surface area contributed by atoms with E-state index in [1.807, 2.05) is 19.3 Å². The number of hydrogen-bond donors (Lipinski definition) is 1. The number of nitrogens with one attached hydrogen (secondary N) is 1. The van der Waals surface area contributed by atoms with E-state index >= 15 is 0 Å². The molecule has 6 nitrogen and oxygen atoms in total. The maximum Gasteiger partial charge on any atom is 0.317 e. The summed E-state index contributed by atoms with van der Waals surface area (Å²) in [5, 5.41) is 13.0. The number of fused-ring (bicyclic) bond motifs is 1. The average Bonchev–Trinajstić information content (AvgIpc) is 3.06. The zero-order valence-electron chi connectivity index (χ0n) is 15.8. The molecule has 2 heterocycles. The van der Waals surface area contributed by atoms with Gasteiger partial charge >= 0.3 is 6.03 Å². The molecule has 2 amide bonds. The fraction of sp³-hybridized carbons (Fsp3) is 0.273. The van der Waals surface area contributed by atoms with Gasteiger partial charge in [0.15, 0.2) is 0 Å². The highest BCUT2D eigenvalue weighted by molar-refractivity contribution is 5.81. The Bertz CT molecular complexity index is 1030. The molecule has 0 unspecified atom stereocenters. The van der Waals surface area contributed by atoms with Crippen molar-refractivity contribution in [2.75, 3.05) is 19.7 Å². The van der Waals surface area contributed by atoms with E-state index in [0.717, 1.165) is 11.3 Å². The molecule has 1 aliphatic rings. The van der Waals surface area contributed by atoms with Crippen molar-refractivity contribution in [3.05, 3.63) is 65.9 Å². The van der Waals surface area contributed by atoms with Crippen LogP contribution in [0.4, 0.5) is 4.79 Å². The van der Waals surface area contributed by atoms with Gasteiger partial charge in [-0.2, -0.15) is 5.26 Å². The molecule has 1 N–H and O–H groups in total. The van der Waals surface area contributed by atoms with Gasteiger partial charge < -0.3 is 19.5 Å². The van der Waals surface area contributed by atoms with Crippen molar-refractivity contribution < 1.29 is 9.53 Å². The lowest BCUT2D eigenvalue weighted by Gasteiger charge is -2.38. The average molecular weight is 374 g/mol. The summed E-state index contributed by atoms with van der Waals surface area (Å²) >= 11 is 0. The molecule has 0 aliphatic carbocycles. The number of amides is 2. The Kier molecular flexibility index (Phi) is 4.90. The number of carbonyl (C=O) groups is 1. The van der Waals surface area contributed by atoms with Gasteiger partial charge in [-0.05, 0) is 53.4 Å². The Morgan fingerprint density at radius 1 is 1.21 bits per heavy atom. The number of rotatable bonds is 5. The summed E-state index contributed by atoms with van der Waals surface area (Å²) < 4.78 is 7.82. The Balaban J connectivity index is 1.20. The van der Waals surface area contributed by atoms with Gasteiger partial charge in [0, 0.05) is 44.3 Å². The second-order valence-electron chi connectivity index (χ2n) is 7.20. The van der Waals surface area contributed by atoms with Crippen LogP contribution in [0.25, 0.3) is 10.9 Å². The highest BCUT2D eigenvalue weighted by atomic mass is 16.5. The zero-order chi connectivity index (χ0) is 19.5. The third kappa shape index (κ3) is 3.79. The monoisotopic (exact) mass is 374 g/mol. The van der Waals surface area contributed by atoms with Gasteiger partial charge in [0.05, 0.1) is 18.2 Å². The van der Waals surface area contributed by atoms with Crippen LogP contribution in [0.3, 0.4) is 0 Å². The summed E-state index contributed by atoms with van der Waals surface area (Å²) in [6, 6.07) is 17.4. The molecular weight excluding hydrogens is 352 g/mol. The van der Waals surface area contributed by atoms with Crippen LogP contribution in [-0.2, 0) is 13.6 Å². The van der Waals surface area contributed by atoms with Crippen molar-refractivity contribution in [1.82, 2.24) is 14.8 Å². The van der Waals surface area contributed by atoms with Crippen molar-refractivity contribution in [1.29, 1.82) is 5.26 Å². The number of nitriles is 1. The lowest BCUT2D eigenvalue weighted by Crippen LogP contribution is -2.55. The molecule has 0 saturated carbocycles. The fourth-order valence-corrected chi connectivity index (χ4v) is 3.41. The van der Waals surface area contributed by atoms with Crippen molar-refractivity contribution in [2.24, 2.45) is 13.0 Å². The SMILES string of the molecule is Cn1ccc2cc(CNC(=O)N3CC(COc4ccc(C#N)cc4)C3)ccc21. The van der Waals surface area contributed by atoms with Crippen molar-refractivity contribution in [3.63, 3.8) is 0 Å². The number of nitrogens with zero attached hydrogens (tertiary/aromatic N) is 3. The molecule has 28 heavy (non-hydrogen) atoms. The maximum atomic E-state index is 12.3. The Labute approximate surface area is 163 Å². The van der Waals surface area contributed by atoms with Gasteiger partial charge in [-0.1, -0.05) is 6.07 Å². The summed E-state index contributed by atoms with van der Waals surface area (Å²) in [6.45, 7) is 2.48. The minimum atomic E-state index is -0.0391. The van der Waals surface area contributed by atoms with Gasteiger partial charge in [0.2, 0.25) is 0 Å². The normalized spacial score (nSPS) is 13.8. The molecule has 4 rings (SSSR count). The van der Waals surface area contributed by atoms with E-state index in [9.17, 15) is 4.79 Å². The van der Waals surface area contributed by atoms with Crippen LogP contribution < -0.4 is 10.1 Å². The number of hydrogen-bond acceptors (Lipinski definition) is 3. The maximum absolute atomic E-state index is 12.3. The number of aromatic nitrogens is 1. The van der Waals surface area contributed by atoms with Gasteiger partial charge in [-0.15, -0.1) is 0 Å². The van der Waals surface area contributed by atoms with Crippen LogP contribution in [0, 0.1) is 17.2 Å². The summed E-state index contributed by atoms with van der Waals surface area (Å²) in [6.07, 6.45) is 2.03. The van der Waals surface area contributed by atoms with Gasteiger partial charge in [-0.25, -0.2) is 4.79 Å². The molecule has 1 fully saturated rings. The number of benzene rings is 2. The molecular formula is C22H22N4O2. The highest BCUT2D eigenvalue weighted by Gasteiger charge is 2.30. The van der Waals surface area contributed by atoms with Crippen LogP contribution in [0.5, 0.6) is 5.75 Å². The van der Waals surface area contributed by atoms with Crippen LogP contribution in [-0.4, -0.2) is 35.2 Å². The molecule has 3 aromatic rings. The van der Waals surface area contributed by atoms with E-state index in [1.165, 1.54) is 10.9 Å². The molecule has 1 saturated heterocycles. The first kappa shape index (κ1) is 17.9. The molecule has 0 spiro atoms. The van der Waals surface area contributed by atoms with E-state index in [-0.39, 0.29) is 6.03 Å². The smallest absolute Gasteiger partial charge is 0.317 e. The Morgan fingerprint density at radius 3 is 2.75 bits per heavy atom. The number of likely N-dealkylation sites (tertiary alicyclic amines) is 1. The Hall–Kier alpha value is -3.46. The van der Waals surface area contributed by atoms with Crippen molar-refractivity contribution in [2.45, 2.75) is 6.54 Å². The topological polar surface area (TPSA) is 70.3 Å². The molecule has 0 atom stereocenters. The molecule has 1 aromatic heterocycles. The summed E-state index contributed by atoms with van der Waals surface area (Å²) in [5.74, 6) is 1.08. The van der Waals surface area contributed by atoms with Crippen LogP contribution >= 0.6 is 0 Å². The Morgan fingerprint density at radius 2 is 2.00 bits per heavy atom. The minimum absolute atomic E-state index is 0.0391. The standard InChI is InChI=1S/C22H22N4O2/c1-25-9-8-19-10-17(4-7-21(19)25)12-24-22(27)26-13-18(14-26)15-28-20-5-2-16(11-23)3-6-20/h2-10,18H,12-15H2,1H3,(H,24,27). The van der Waals surface area contributed by atoms with Crippen LogP contribution in [0.2, 0.25) is 0 Å². The van der Waals surface area contributed by atoms with E-state index in [0.29, 0.717) is 37.7 Å². The number of ether oxygens (including phenoxy) is 1. The first-order valence-corrected chi connectivity index (χ1v) is 9.32. The number of carbonyl (C=O) groups excluding carboxylic acids is 1. The first-order valence-electron chi connectivity index (χ1n) is 9.32. The van der Waals surface area contributed by atoms with Gasteiger partial charge in [0.1, 0.15) is 5.75 Å². The predicted molar refractivity (Wildman–Crippen MR) is 107 cm³/mol. The fourth-order valence-electron chi connectivity index (χ4n) is 3.41. The number of aryl methyl sites for hydroxylation is 1. The van der Waals surface area contributed by atoms with E-state index in [4.69, 9.17) is 10.00 Å². The minimum Gasteiger partial charge on any atom is -0.493 e. The summed E-state index contributed by atoms with van der Waals surface area (Å²) in [4.78, 5) is 14.1. The second-order valence-corrected chi connectivity index (χ2v) is 7.20. The third-order valence-corrected chi connectivity index (χ3v) is 5.11. The first-order chi connectivity index (χ1) is 13.6. The zero-order valence-corrected chi connectivity index (χ0v) is 15.8. The molecule has 142 valence electrons. The molecule has 2 aromatic carbocycles. The quantitative estimate of drug-likeness (QED) is 0.745. The lowest BCUT2D eigenvalue weighted by molar-refractivity contribution is 0.0855. The molecule has 6 heteroatoms. The second kappa shape index (κ2) is 7.65. The van der Waals surface area contributed by atoms with Crippen LogP contribution in [0.1, 0.15) is 11.1 Å². The van der Waals surface area contributed by atoms with E-state index < -0.39 is 0 Å². The van der Waals surface area contributed by atoms with E-state index in [2.05, 4.69) is 34.2 Å². The molecule has 0 bridgehead atoms.